The van der Waals surface area contributed by atoms with Crippen LogP contribution in [0.2, 0.25) is 0 Å². The van der Waals surface area contributed by atoms with E-state index in [1.165, 1.54) is 19.5 Å². The summed E-state index contributed by atoms with van der Waals surface area (Å²) < 4.78 is 5.72. The van der Waals surface area contributed by atoms with E-state index in [-0.39, 0.29) is 5.82 Å². The molecule has 0 fully saturated rings. The molecule has 0 saturated carbocycles. The summed E-state index contributed by atoms with van der Waals surface area (Å²) in [5, 5.41) is 0. The van der Waals surface area contributed by atoms with Crippen LogP contribution in [0, 0.1) is 0 Å². The molecule has 1 amide bonds. The number of nitrogens with zero attached hydrogens (tertiary/aromatic N) is 2. The Kier molecular flexibility index (Phi) is 3.40. The third kappa shape index (κ3) is 2.53. The first-order chi connectivity index (χ1) is 7.06. The summed E-state index contributed by atoms with van der Waals surface area (Å²) in [6, 6.07) is 0. The Morgan fingerprint density at radius 2 is 2.27 bits per heavy atom. The monoisotopic (exact) mass is 213 g/mol. The molecule has 0 bridgehead atoms. The van der Waals surface area contributed by atoms with Gasteiger partial charge < -0.3 is 15.3 Å². The van der Waals surface area contributed by atoms with Crippen molar-refractivity contribution in [3.8, 4) is 0 Å². The fourth-order valence-electron chi connectivity index (χ4n) is 0.924. The van der Waals surface area contributed by atoms with Gasteiger partial charge in [0, 0.05) is 13.3 Å². The standard InChI is InChI=1S/C8H11N3O4/c1-5(14-2)6(12)7-10-3-4-11(7)15-8(9)13/h3-5H,1-2H3,(H2,9,13). The van der Waals surface area contributed by atoms with Gasteiger partial charge in [-0.25, -0.2) is 9.78 Å². The zero-order valence-electron chi connectivity index (χ0n) is 8.34. The van der Waals surface area contributed by atoms with Gasteiger partial charge in [0.15, 0.2) is 0 Å². The van der Waals surface area contributed by atoms with Gasteiger partial charge in [0.25, 0.3) is 0 Å². The zero-order valence-corrected chi connectivity index (χ0v) is 8.34. The van der Waals surface area contributed by atoms with Crippen LogP contribution in [0.5, 0.6) is 0 Å². The van der Waals surface area contributed by atoms with Crippen molar-refractivity contribution < 1.29 is 19.2 Å². The zero-order chi connectivity index (χ0) is 11.4. The van der Waals surface area contributed by atoms with Gasteiger partial charge in [0.05, 0.1) is 6.20 Å². The lowest BCUT2D eigenvalue weighted by molar-refractivity contribution is 0.0610. The average molecular weight is 213 g/mol. The second-order valence-corrected chi connectivity index (χ2v) is 2.73. The lowest BCUT2D eigenvalue weighted by Crippen LogP contribution is -2.30. The Hall–Kier alpha value is -1.89. The number of carbonyl (C=O) groups excluding carboxylic acids is 2. The number of carbonyl (C=O) groups is 2. The van der Waals surface area contributed by atoms with Gasteiger partial charge >= 0.3 is 6.09 Å². The molecule has 1 unspecified atom stereocenters. The molecular formula is C8H11N3O4. The number of aromatic nitrogens is 2. The predicted octanol–water partition coefficient (Wildman–Crippen LogP) is -0.392. The molecule has 1 aromatic heterocycles. The maximum absolute atomic E-state index is 11.6. The summed E-state index contributed by atoms with van der Waals surface area (Å²) in [6.45, 7) is 1.56. The highest BCUT2D eigenvalue weighted by molar-refractivity contribution is 5.96. The molecule has 7 heteroatoms. The Bertz CT molecular complexity index is 374. The number of Topliss-reactive ketones (excluding diaryl/α,β-unsaturated/α-hetero) is 1. The summed E-state index contributed by atoms with van der Waals surface area (Å²) in [5.74, 6) is -0.438. The van der Waals surface area contributed by atoms with Crippen molar-refractivity contribution in [2.75, 3.05) is 7.11 Å². The molecule has 0 aliphatic rings. The number of hydrogen-bond donors (Lipinski definition) is 1. The van der Waals surface area contributed by atoms with Crippen LogP contribution in [0.25, 0.3) is 0 Å². The highest BCUT2D eigenvalue weighted by Crippen LogP contribution is 2.02. The van der Waals surface area contributed by atoms with Crippen LogP contribution < -0.4 is 10.6 Å². The molecule has 1 heterocycles. The molecule has 0 aliphatic carbocycles. The Balaban J connectivity index is 2.89. The van der Waals surface area contributed by atoms with Crippen LogP contribution in [0.1, 0.15) is 17.5 Å². The maximum atomic E-state index is 11.6. The molecule has 2 N–H and O–H groups in total. The first-order valence-corrected chi connectivity index (χ1v) is 4.14. The van der Waals surface area contributed by atoms with Crippen molar-refractivity contribution in [1.29, 1.82) is 0 Å². The molecule has 1 atom stereocenters. The number of hydrogen-bond acceptors (Lipinski definition) is 5. The lowest BCUT2D eigenvalue weighted by Gasteiger charge is -2.08. The molecule has 0 spiro atoms. The van der Waals surface area contributed by atoms with E-state index in [9.17, 15) is 9.59 Å². The normalized spacial score (nSPS) is 12.1. The van der Waals surface area contributed by atoms with Crippen molar-refractivity contribution in [3.05, 3.63) is 18.2 Å². The number of rotatable bonds is 4. The average Bonchev–Trinajstić information content (AvgIpc) is 2.62. The third-order valence-corrected chi connectivity index (χ3v) is 1.74. The molecule has 15 heavy (non-hydrogen) atoms. The summed E-state index contributed by atoms with van der Waals surface area (Å²) in [7, 11) is 1.39. The molecule has 82 valence electrons. The van der Waals surface area contributed by atoms with Gasteiger partial charge in [-0.05, 0) is 6.92 Å². The molecule has 0 saturated heterocycles. The smallest absolute Gasteiger partial charge is 0.373 e. The van der Waals surface area contributed by atoms with Crippen molar-refractivity contribution in [3.63, 3.8) is 0 Å². The number of ether oxygens (including phenoxy) is 1. The third-order valence-electron chi connectivity index (χ3n) is 1.74. The minimum Gasteiger partial charge on any atom is -0.373 e. The SMILES string of the molecule is COC(C)C(=O)c1nccn1OC(N)=O. The predicted molar refractivity (Wildman–Crippen MR) is 49.2 cm³/mol. The van der Waals surface area contributed by atoms with Crippen molar-refractivity contribution in [2.24, 2.45) is 5.73 Å². The summed E-state index contributed by atoms with van der Waals surface area (Å²) in [6.07, 6.45) is 0.939. The largest absolute Gasteiger partial charge is 0.429 e. The maximum Gasteiger partial charge on any atom is 0.429 e. The summed E-state index contributed by atoms with van der Waals surface area (Å²) >= 11 is 0. The van der Waals surface area contributed by atoms with E-state index in [1.54, 1.807) is 6.92 Å². The number of methoxy groups -OCH3 is 1. The van der Waals surface area contributed by atoms with Crippen LogP contribution >= 0.6 is 0 Å². The van der Waals surface area contributed by atoms with E-state index < -0.39 is 18.0 Å². The summed E-state index contributed by atoms with van der Waals surface area (Å²) in [4.78, 5) is 30.3. The Morgan fingerprint density at radius 3 is 2.80 bits per heavy atom. The molecule has 1 rings (SSSR count). The first kappa shape index (κ1) is 11.2. The second-order valence-electron chi connectivity index (χ2n) is 2.73. The molecular weight excluding hydrogens is 202 g/mol. The molecule has 7 nitrogen and oxygen atoms in total. The minimum atomic E-state index is -1.02. The van der Waals surface area contributed by atoms with Gasteiger partial charge in [-0.1, -0.05) is 0 Å². The van der Waals surface area contributed by atoms with Gasteiger partial charge in [0.1, 0.15) is 6.10 Å². The topological polar surface area (TPSA) is 96.4 Å². The van der Waals surface area contributed by atoms with E-state index in [4.69, 9.17) is 10.5 Å². The quantitative estimate of drug-likeness (QED) is 0.687. The van der Waals surface area contributed by atoms with Crippen LogP contribution in [0.3, 0.4) is 0 Å². The molecule has 0 radical (unpaired) electrons. The highest BCUT2D eigenvalue weighted by atomic mass is 16.7. The number of amides is 1. The van der Waals surface area contributed by atoms with E-state index in [1.807, 2.05) is 0 Å². The fraction of sp³-hybridized carbons (Fsp3) is 0.375. The summed E-state index contributed by atoms with van der Waals surface area (Å²) in [5.41, 5.74) is 4.81. The Morgan fingerprint density at radius 1 is 1.60 bits per heavy atom. The molecule has 0 aliphatic heterocycles. The van der Waals surface area contributed by atoms with E-state index in [0.29, 0.717) is 0 Å². The second kappa shape index (κ2) is 4.56. The number of ketones is 1. The van der Waals surface area contributed by atoms with Crippen LogP contribution in [0.15, 0.2) is 12.4 Å². The van der Waals surface area contributed by atoms with Gasteiger partial charge in [-0.2, -0.15) is 4.73 Å². The van der Waals surface area contributed by atoms with Gasteiger partial charge in [0.2, 0.25) is 11.6 Å². The van der Waals surface area contributed by atoms with E-state index in [0.717, 1.165) is 4.73 Å². The van der Waals surface area contributed by atoms with Crippen molar-refractivity contribution in [1.82, 2.24) is 9.71 Å². The number of nitrogens with two attached hydrogens (primary N) is 1. The Labute approximate surface area is 85.7 Å². The van der Waals surface area contributed by atoms with E-state index in [2.05, 4.69) is 9.82 Å². The van der Waals surface area contributed by atoms with Gasteiger partial charge in [-0.15, -0.1) is 0 Å². The van der Waals surface area contributed by atoms with Crippen molar-refractivity contribution in [2.45, 2.75) is 13.0 Å². The van der Waals surface area contributed by atoms with Crippen LogP contribution in [-0.2, 0) is 4.74 Å². The van der Waals surface area contributed by atoms with Crippen molar-refractivity contribution >= 4 is 11.9 Å². The number of imidazole rings is 1. The van der Waals surface area contributed by atoms with Crippen LogP contribution in [-0.4, -0.2) is 34.8 Å². The molecule has 1 aromatic rings. The lowest BCUT2D eigenvalue weighted by atomic mass is 10.2. The molecule has 0 aromatic carbocycles. The van der Waals surface area contributed by atoms with E-state index >= 15 is 0 Å². The minimum absolute atomic E-state index is 0.0387. The van der Waals surface area contributed by atoms with Gasteiger partial charge in [-0.3, -0.25) is 4.79 Å². The number of primary amides is 1. The van der Waals surface area contributed by atoms with Crippen LogP contribution in [0.4, 0.5) is 4.79 Å². The first-order valence-electron chi connectivity index (χ1n) is 4.14. The fourth-order valence-corrected chi connectivity index (χ4v) is 0.924. The highest BCUT2D eigenvalue weighted by Gasteiger charge is 2.21.